The van der Waals surface area contributed by atoms with Crippen molar-refractivity contribution < 1.29 is 10.2 Å². The number of hydrogen-bond acceptors (Lipinski definition) is 4. The Morgan fingerprint density at radius 1 is 1.33 bits per heavy atom. The molecule has 0 saturated carbocycles. The number of aromatic hydroxyl groups is 1. The number of pyridine rings is 1. The van der Waals surface area contributed by atoms with Crippen LogP contribution >= 0.6 is 23.2 Å². The van der Waals surface area contributed by atoms with E-state index in [1.807, 2.05) is 23.8 Å². The number of nitrogens with zero attached hydrogens (tertiary/aromatic N) is 2. The van der Waals surface area contributed by atoms with Crippen molar-refractivity contribution in [2.45, 2.75) is 39.0 Å². The average Bonchev–Trinajstić information content (AvgIpc) is 3.23. The largest absolute Gasteiger partial charge is 0.494 e. The number of aromatic nitrogens is 2. The Hall–Kier alpha value is -1.79. The first-order chi connectivity index (χ1) is 13.0. The first kappa shape index (κ1) is 18.6. The van der Waals surface area contributed by atoms with Gasteiger partial charge < -0.3 is 20.1 Å². The molecular formula is C20H21Cl2N3O2. The number of hydrogen-bond donors (Lipinski definition) is 3. The average molecular weight is 406 g/mol. The SMILES string of the molecule is Cc1nc2cn(C[C@@H]3CCCN3)c(O)c2c(-c2ccc(Cl)cc2Cl)c1CO. The van der Waals surface area contributed by atoms with Gasteiger partial charge in [0.1, 0.15) is 0 Å². The minimum atomic E-state index is -0.197. The van der Waals surface area contributed by atoms with E-state index < -0.39 is 0 Å². The third-order valence-electron chi connectivity index (χ3n) is 5.24. The molecule has 7 heteroatoms. The lowest BCUT2D eigenvalue weighted by atomic mass is 9.96. The summed E-state index contributed by atoms with van der Waals surface area (Å²) in [6.45, 7) is 3.33. The molecule has 4 rings (SSSR count). The van der Waals surface area contributed by atoms with Crippen molar-refractivity contribution in [2.75, 3.05) is 6.54 Å². The van der Waals surface area contributed by atoms with E-state index in [0.717, 1.165) is 19.4 Å². The van der Waals surface area contributed by atoms with Crippen LogP contribution in [0.25, 0.3) is 22.0 Å². The summed E-state index contributed by atoms with van der Waals surface area (Å²) in [5, 5.41) is 26.0. The summed E-state index contributed by atoms with van der Waals surface area (Å²) in [4.78, 5) is 4.61. The van der Waals surface area contributed by atoms with Crippen molar-refractivity contribution in [2.24, 2.45) is 0 Å². The Balaban J connectivity index is 1.95. The molecule has 1 aliphatic rings. The fraction of sp³-hybridized carbons (Fsp3) is 0.350. The van der Waals surface area contributed by atoms with Gasteiger partial charge in [-0.05, 0) is 38.4 Å². The lowest BCUT2D eigenvalue weighted by Crippen LogP contribution is -2.26. The first-order valence-corrected chi connectivity index (χ1v) is 9.76. The molecule has 0 amide bonds. The van der Waals surface area contributed by atoms with Gasteiger partial charge >= 0.3 is 0 Å². The summed E-state index contributed by atoms with van der Waals surface area (Å²) in [6.07, 6.45) is 4.09. The van der Waals surface area contributed by atoms with Crippen LogP contribution in [0.2, 0.25) is 10.0 Å². The topological polar surface area (TPSA) is 70.3 Å². The van der Waals surface area contributed by atoms with Gasteiger partial charge in [0.25, 0.3) is 0 Å². The Morgan fingerprint density at radius 2 is 2.15 bits per heavy atom. The van der Waals surface area contributed by atoms with Crippen LogP contribution in [0.5, 0.6) is 5.88 Å². The van der Waals surface area contributed by atoms with Crippen LogP contribution in [0.15, 0.2) is 24.4 Å². The maximum atomic E-state index is 11.0. The molecule has 142 valence electrons. The highest BCUT2D eigenvalue weighted by Crippen LogP contribution is 2.42. The number of fused-ring (bicyclic) bond motifs is 1. The van der Waals surface area contributed by atoms with Crippen molar-refractivity contribution in [1.82, 2.24) is 14.9 Å². The highest BCUT2D eigenvalue weighted by atomic mass is 35.5. The molecule has 2 aromatic heterocycles. The smallest absolute Gasteiger partial charge is 0.201 e. The van der Waals surface area contributed by atoms with Crippen molar-refractivity contribution in [3.8, 4) is 17.0 Å². The molecule has 3 heterocycles. The summed E-state index contributed by atoms with van der Waals surface area (Å²) in [5.41, 5.74) is 3.46. The van der Waals surface area contributed by atoms with Gasteiger partial charge in [-0.1, -0.05) is 29.3 Å². The molecule has 3 aromatic rings. The van der Waals surface area contributed by atoms with E-state index in [9.17, 15) is 10.2 Å². The Labute approximate surface area is 167 Å². The molecule has 0 aliphatic carbocycles. The van der Waals surface area contributed by atoms with Crippen molar-refractivity contribution in [3.63, 3.8) is 0 Å². The molecule has 0 bridgehead atoms. The molecule has 1 aromatic carbocycles. The van der Waals surface area contributed by atoms with E-state index in [1.165, 1.54) is 0 Å². The molecule has 1 fully saturated rings. The number of nitrogens with one attached hydrogen (secondary N) is 1. The molecule has 0 unspecified atom stereocenters. The van der Waals surface area contributed by atoms with E-state index >= 15 is 0 Å². The highest BCUT2D eigenvalue weighted by Gasteiger charge is 2.23. The predicted octanol–water partition coefficient (Wildman–Crippen LogP) is 4.27. The minimum absolute atomic E-state index is 0.141. The number of benzene rings is 1. The van der Waals surface area contributed by atoms with E-state index in [-0.39, 0.29) is 12.5 Å². The van der Waals surface area contributed by atoms with Crippen LogP contribution in [-0.2, 0) is 13.2 Å². The van der Waals surface area contributed by atoms with Gasteiger partial charge in [-0.25, -0.2) is 0 Å². The molecule has 5 nitrogen and oxygen atoms in total. The molecule has 0 spiro atoms. The molecular weight excluding hydrogens is 385 g/mol. The number of rotatable bonds is 4. The molecule has 3 N–H and O–H groups in total. The van der Waals surface area contributed by atoms with Crippen molar-refractivity contribution in [1.29, 1.82) is 0 Å². The molecule has 1 aliphatic heterocycles. The van der Waals surface area contributed by atoms with Crippen LogP contribution in [0, 0.1) is 6.92 Å². The zero-order chi connectivity index (χ0) is 19.1. The van der Waals surface area contributed by atoms with Crippen molar-refractivity contribution >= 4 is 34.1 Å². The lowest BCUT2D eigenvalue weighted by molar-refractivity contribution is 0.281. The zero-order valence-corrected chi connectivity index (χ0v) is 16.5. The standard InChI is InChI=1S/C20H21Cl2N3O2/c1-11-15(10-26)18(14-5-4-12(21)7-16(14)22)19-17(24-11)9-25(20(19)27)8-13-3-2-6-23-13/h4-5,7,9,13,23,26-27H,2-3,6,8,10H2,1H3/t13-/m0/s1. The number of halogens is 2. The molecule has 1 saturated heterocycles. The van der Waals surface area contributed by atoms with Gasteiger partial charge in [0, 0.05) is 51.2 Å². The Morgan fingerprint density at radius 3 is 2.81 bits per heavy atom. The van der Waals surface area contributed by atoms with Gasteiger partial charge in [-0.3, -0.25) is 4.98 Å². The quantitative estimate of drug-likeness (QED) is 0.605. The van der Waals surface area contributed by atoms with Crippen LogP contribution < -0.4 is 5.32 Å². The summed E-state index contributed by atoms with van der Waals surface area (Å²) in [7, 11) is 0. The van der Waals surface area contributed by atoms with E-state index in [0.29, 0.717) is 55.9 Å². The lowest BCUT2D eigenvalue weighted by Gasteiger charge is -2.15. The third-order valence-corrected chi connectivity index (χ3v) is 5.79. The van der Waals surface area contributed by atoms with Gasteiger partial charge in [0.2, 0.25) is 5.88 Å². The van der Waals surface area contributed by atoms with Gasteiger partial charge in [0.05, 0.1) is 17.5 Å². The normalized spacial score (nSPS) is 17.1. The summed E-state index contributed by atoms with van der Waals surface area (Å²) >= 11 is 12.5. The maximum absolute atomic E-state index is 11.0. The fourth-order valence-corrected chi connectivity index (χ4v) is 4.41. The molecule has 27 heavy (non-hydrogen) atoms. The second-order valence-corrected chi connectivity index (χ2v) is 7.84. The van der Waals surface area contributed by atoms with E-state index in [4.69, 9.17) is 23.2 Å². The van der Waals surface area contributed by atoms with Crippen LogP contribution in [-0.4, -0.2) is 32.4 Å². The predicted molar refractivity (Wildman–Crippen MR) is 109 cm³/mol. The number of aliphatic hydroxyl groups excluding tert-OH is 1. The highest BCUT2D eigenvalue weighted by molar-refractivity contribution is 6.36. The summed E-state index contributed by atoms with van der Waals surface area (Å²) < 4.78 is 1.83. The molecule has 0 radical (unpaired) electrons. The Kier molecular flexibility index (Phi) is 5.03. The first-order valence-electron chi connectivity index (χ1n) is 9.00. The van der Waals surface area contributed by atoms with Gasteiger partial charge in [-0.2, -0.15) is 0 Å². The van der Waals surface area contributed by atoms with Crippen LogP contribution in [0.3, 0.4) is 0 Å². The van der Waals surface area contributed by atoms with Crippen LogP contribution in [0.1, 0.15) is 24.1 Å². The van der Waals surface area contributed by atoms with E-state index in [2.05, 4.69) is 10.3 Å². The Bertz CT molecular complexity index is 1010. The number of aliphatic hydroxyl groups is 1. The van der Waals surface area contributed by atoms with Crippen molar-refractivity contribution in [3.05, 3.63) is 45.7 Å². The molecule has 1 atom stereocenters. The second-order valence-electron chi connectivity index (χ2n) is 6.99. The number of aryl methyl sites for hydroxylation is 1. The monoisotopic (exact) mass is 405 g/mol. The zero-order valence-electron chi connectivity index (χ0n) is 15.0. The summed E-state index contributed by atoms with van der Waals surface area (Å²) in [6, 6.07) is 5.56. The third kappa shape index (κ3) is 3.29. The fourth-order valence-electron chi connectivity index (χ4n) is 3.91. The maximum Gasteiger partial charge on any atom is 0.201 e. The van der Waals surface area contributed by atoms with Gasteiger partial charge in [0.15, 0.2) is 0 Å². The second kappa shape index (κ2) is 7.32. The summed E-state index contributed by atoms with van der Waals surface area (Å²) in [5.74, 6) is 0.141. The van der Waals surface area contributed by atoms with Gasteiger partial charge in [-0.15, -0.1) is 0 Å². The minimum Gasteiger partial charge on any atom is -0.494 e. The van der Waals surface area contributed by atoms with E-state index in [1.54, 1.807) is 12.1 Å². The van der Waals surface area contributed by atoms with Crippen LogP contribution in [0.4, 0.5) is 0 Å².